The first-order valence-electron chi connectivity index (χ1n) is 6.41. The number of hydrogen-bond donors (Lipinski definition) is 1. The van der Waals surface area contributed by atoms with Gasteiger partial charge in [0.15, 0.2) is 5.78 Å². The smallest absolute Gasteiger partial charge is 0.191 e. The largest absolute Gasteiger partial charge is 0.385 e. The summed E-state index contributed by atoms with van der Waals surface area (Å²) in [5.74, 6) is -0.148. The summed E-state index contributed by atoms with van der Waals surface area (Å²) in [6, 6.07) is 16.2. The van der Waals surface area contributed by atoms with E-state index in [4.69, 9.17) is 0 Å². The maximum absolute atomic E-state index is 11.9. The molecule has 0 saturated heterocycles. The molecule has 1 aliphatic rings. The first-order valence-corrected chi connectivity index (χ1v) is 6.41. The first-order chi connectivity index (χ1) is 9.25. The molecule has 1 atom stereocenters. The van der Waals surface area contributed by atoms with E-state index in [0.717, 1.165) is 16.3 Å². The van der Waals surface area contributed by atoms with Crippen molar-refractivity contribution in [3.63, 3.8) is 0 Å². The maximum Gasteiger partial charge on any atom is 0.191 e. The van der Waals surface area contributed by atoms with Gasteiger partial charge in [0.2, 0.25) is 0 Å². The van der Waals surface area contributed by atoms with Crippen LogP contribution in [0.25, 0.3) is 21.5 Å². The standard InChI is InChI=1S/C17H12O2/c18-16-9-15-13-6-5-10-3-1-2-4-11(10)12(13)7-8-14(15)17(16)19/h1-8,16,18H,9H2. The topological polar surface area (TPSA) is 37.3 Å². The molecule has 2 nitrogen and oxygen atoms in total. The monoisotopic (exact) mass is 248 g/mol. The van der Waals surface area contributed by atoms with Crippen LogP contribution in [-0.4, -0.2) is 17.0 Å². The molecular formula is C17H12O2. The molecule has 0 spiro atoms. The fourth-order valence-corrected chi connectivity index (χ4v) is 3.07. The number of fused-ring (bicyclic) bond motifs is 5. The molecule has 0 amide bonds. The molecule has 1 unspecified atom stereocenters. The van der Waals surface area contributed by atoms with Gasteiger partial charge in [-0.2, -0.15) is 0 Å². The zero-order valence-electron chi connectivity index (χ0n) is 10.3. The Labute approximate surface area is 110 Å². The van der Waals surface area contributed by atoms with Gasteiger partial charge in [0.05, 0.1) is 0 Å². The van der Waals surface area contributed by atoms with Crippen molar-refractivity contribution in [1.82, 2.24) is 0 Å². The van der Waals surface area contributed by atoms with Crippen LogP contribution in [-0.2, 0) is 6.42 Å². The summed E-state index contributed by atoms with van der Waals surface area (Å²) in [6.07, 6.45) is -0.434. The van der Waals surface area contributed by atoms with Crippen LogP contribution in [0.5, 0.6) is 0 Å². The van der Waals surface area contributed by atoms with Crippen LogP contribution < -0.4 is 0 Å². The Bertz CT molecular complexity index is 833. The molecule has 0 heterocycles. The molecule has 1 N–H and O–H groups in total. The molecule has 0 fully saturated rings. The van der Waals surface area contributed by atoms with E-state index in [1.165, 1.54) is 10.8 Å². The summed E-state index contributed by atoms with van der Waals surface area (Å²) in [5, 5.41) is 14.4. The summed E-state index contributed by atoms with van der Waals surface area (Å²) in [4.78, 5) is 11.9. The number of rotatable bonds is 0. The summed E-state index contributed by atoms with van der Waals surface area (Å²) in [7, 11) is 0. The zero-order valence-corrected chi connectivity index (χ0v) is 10.3. The van der Waals surface area contributed by atoms with Gasteiger partial charge in [-0.25, -0.2) is 0 Å². The summed E-state index contributed by atoms with van der Waals surface area (Å²) in [5.41, 5.74) is 1.66. The second kappa shape index (κ2) is 3.65. The van der Waals surface area contributed by atoms with Crippen molar-refractivity contribution in [2.75, 3.05) is 0 Å². The van der Waals surface area contributed by atoms with Crippen molar-refractivity contribution in [3.8, 4) is 0 Å². The number of carbonyl (C=O) groups is 1. The van der Waals surface area contributed by atoms with E-state index in [1.807, 2.05) is 24.3 Å². The molecule has 3 aromatic rings. The van der Waals surface area contributed by atoms with E-state index in [1.54, 1.807) is 0 Å². The highest BCUT2D eigenvalue weighted by molar-refractivity contribution is 6.14. The lowest BCUT2D eigenvalue weighted by molar-refractivity contribution is 0.0780. The molecule has 3 aromatic carbocycles. The number of ketones is 1. The Hall–Kier alpha value is -2.19. The van der Waals surface area contributed by atoms with Gasteiger partial charge in [-0.3, -0.25) is 4.79 Å². The van der Waals surface area contributed by atoms with E-state index in [2.05, 4.69) is 24.3 Å². The second-order valence-corrected chi connectivity index (χ2v) is 5.06. The van der Waals surface area contributed by atoms with Crippen LogP contribution in [0.4, 0.5) is 0 Å². The van der Waals surface area contributed by atoms with Crippen LogP contribution in [0.3, 0.4) is 0 Å². The Morgan fingerprint density at radius 2 is 1.68 bits per heavy atom. The SMILES string of the molecule is O=C1c2ccc3c(ccc4ccccc43)c2CC1O. The minimum Gasteiger partial charge on any atom is -0.385 e. The number of carbonyl (C=O) groups excluding carboxylic acids is 1. The van der Waals surface area contributed by atoms with Gasteiger partial charge in [-0.1, -0.05) is 48.5 Å². The van der Waals surface area contributed by atoms with Gasteiger partial charge in [0.1, 0.15) is 6.10 Å². The van der Waals surface area contributed by atoms with E-state index >= 15 is 0 Å². The molecule has 0 aromatic heterocycles. The van der Waals surface area contributed by atoms with Crippen molar-refractivity contribution in [2.24, 2.45) is 0 Å². The normalized spacial score (nSPS) is 18.2. The van der Waals surface area contributed by atoms with Gasteiger partial charge in [-0.15, -0.1) is 0 Å². The lowest BCUT2D eigenvalue weighted by atomic mass is 9.96. The van der Waals surface area contributed by atoms with E-state index in [0.29, 0.717) is 12.0 Å². The first kappa shape index (κ1) is 10.7. The fourth-order valence-electron chi connectivity index (χ4n) is 3.07. The summed E-state index contributed by atoms with van der Waals surface area (Å²) < 4.78 is 0. The molecule has 4 rings (SSSR count). The Morgan fingerprint density at radius 3 is 2.58 bits per heavy atom. The second-order valence-electron chi connectivity index (χ2n) is 5.06. The van der Waals surface area contributed by atoms with Gasteiger partial charge < -0.3 is 5.11 Å². The Balaban J connectivity index is 2.15. The number of hydrogen-bond acceptors (Lipinski definition) is 2. The number of aliphatic hydroxyl groups excluding tert-OH is 1. The quantitative estimate of drug-likeness (QED) is 0.621. The number of Topliss-reactive ketones (excluding diaryl/α,β-unsaturated/α-hetero) is 1. The highest BCUT2D eigenvalue weighted by atomic mass is 16.3. The van der Waals surface area contributed by atoms with Crippen molar-refractivity contribution in [1.29, 1.82) is 0 Å². The predicted octanol–water partition coefficient (Wildman–Crippen LogP) is 3.09. The average molecular weight is 248 g/mol. The van der Waals surface area contributed by atoms with Crippen molar-refractivity contribution < 1.29 is 9.90 Å². The van der Waals surface area contributed by atoms with Crippen LogP contribution >= 0.6 is 0 Å². The third-order valence-corrected chi connectivity index (χ3v) is 4.00. The van der Waals surface area contributed by atoms with Crippen LogP contribution in [0, 0.1) is 0 Å². The lowest BCUT2D eigenvalue weighted by Gasteiger charge is -2.07. The molecule has 0 radical (unpaired) electrons. The average Bonchev–Trinajstić information content (AvgIpc) is 2.74. The fraction of sp³-hybridized carbons (Fsp3) is 0.118. The molecule has 1 aliphatic carbocycles. The maximum atomic E-state index is 11.9. The highest BCUT2D eigenvalue weighted by Crippen LogP contribution is 2.33. The van der Waals surface area contributed by atoms with Crippen molar-refractivity contribution >= 4 is 27.3 Å². The van der Waals surface area contributed by atoms with Gasteiger partial charge in [0.25, 0.3) is 0 Å². The van der Waals surface area contributed by atoms with Crippen molar-refractivity contribution in [2.45, 2.75) is 12.5 Å². The van der Waals surface area contributed by atoms with Gasteiger partial charge in [0, 0.05) is 12.0 Å². The Morgan fingerprint density at radius 1 is 0.895 bits per heavy atom. The van der Waals surface area contributed by atoms with Crippen molar-refractivity contribution in [3.05, 3.63) is 59.7 Å². The zero-order chi connectivity index (χ0) is 13.0. The van der Waals surface area contributed by atoms with Crippen LogP contribution in [0.1, 0.15) is 15.9 Å². The van der Waals surface area contributed by atoms with Gasteiger partial charge >= 0.3 is 0 Å². The van der Waals surface area contributed by atoms with E-state index in [-0.39, 0.29) is 5.78 Å². The third-order valence-electron chi connectivity index (χ3n) is 4.00. The Kier molecular flexibility index (Phi) is 2.06. The highest BCUT2D eigenvalue weighted by Gasteiger charge is 2.29. The predicted molar refractivity (Wildman–Crippen MR) is 75.5 cm³/mol. The molecular weight excluding hydrogens is 236 g/mol. The summed E-state index contributed by atoms with van der Waals surface area (Å²) >= 11 is 0. The minimum atomic E-state index is -0.868. The van der Waals surface area contributed by atoms with E-state index < -0.39 is 6.10 Å². The van der Waals surface area contributed by atoms with Crippen LogP contribution in [0.15, 0.2) is 48.5 Å². The third kappa shape index (κ3) is 1.38. The summed E-state index contributed by atoms with van der Waals surface area (Å²) in [6.45, 7) is 0. The number of aliphatic hydroxyl groups is 1. The lowest BCUT2D eigenvalue weighted by Crippen LogP contribution is -2.13. The molecule has 0 bridgehead atoms. The molecule has 92 valence electrons. The molecule has 19 heavy (non-hydrogen) atoms. The minimum absolute atomic E-state index is 0.148. The van der Waals surface area contributed by atoms with E-state index in [9.17, 15) is 9.90 Å². The number of benzene rings is 3. The van der Waals surface area contributed by atoms with Gasteiger partial charge in [-0.05, 0) is 27.1 Å². The molecule has 0 aliphatic heterocycles. The molecule has 2 heteroatoms. The molecule has 0 saturated carbocycles. The van der Waals surface area contributed by atoms with Crippen LogP contribution in [0.2, 0.25) is 0 Å².